The first-order valence-corrected chi connectivity index (χ1v) is 6.97. The van der Waals surface area contributed by atoms with E-state index in [1.165, 1.54) is 24.8 Å². The van der Waals surface area contributed by atoms with Crippen molar-refractivity contribution in [2.75, 3.05) is 18.0 Å². The summed E-state index contributed by atoms with van der Waals surface area (Å²) in [7, 11) is 0. The fourth-order valence-electron chi connectivity index (χ4n) is 2.36. The molecule has 0 atom stereocenters. The lowest BCUT2D eigenvalue weighted by atomic mass is 9.90. The van der Waals surface area contributed by atoms with Gasteiger partial charge < -0.3 is 10.6 Å². The minimum Gasteiger partial charge on any atom is -0.357 e. The third-order valence-electron chi connectivity index (χ3n) is 3.56. The molecule has 1 aliphatic rings. The number of anilines is 1. The molecule has 1 aliphatic heterocycles. The Hall–Kier alpha value is -1.09. The summed E-state index contributed by atoms with van der Waals surface area (Å²) in [4.78, 5) is 7.25. The van der Waals surface area contributed by atoms with Crippen LogP contribution in [-0.4, -0.2) is 18.1 Å². The number of nitrogens with two attached hydrogens (primary N) is 1. The Morgan fingerprint density at radius 1 is 1.17 bits per heavy atom. The summed E-state index contributed by atoms with van der Waals surface area (Å²) in [6, 6.07) is 4.30. The van der Waals surface area contributed by atoms with E-state index >= 15 is 0 Å². The van der Waals surface area contributed by atoms with E-state index in [1.807, 2.05) is 0 Å². The number of hydrogen-bond acceptors (Lipinski definition) is 3. The molecule has 0 aromatic carbocycles. The third-order valence-corrected chi connectivity index (χ3v) is 3.56. The van der Waals surface area contributed by atoms with Crippen molar-refractivity contribution in [2.24, 2.45) is 5.73 Å². The average molecular weight is 247 g/mol. The molecule has 0 bridgehead atoms. The first-order chi connectivity index (χ1) is 8.50. The summed E-state index contributed by atoms with van der Waals surface area (Å²) in [6.07, 6.45) is 3.90. The molecular weight excluding hydrogens is 222 g/mol. The van der Waals surface area contributed by atoms with Gasteiger partial charge in [0, 0.05) is 30.7 Å². The summed E-state index contributed by atoms with van der Waals surface area (Å²) in [5.74, 6) is 1.11. The molecule has 18 heavy (non-hydrogen) atoms. The van der Waals surface area contributed by atoms with Gasteiger partial charge in [-0.25, -0.2) is 4.98 Å². The van der Waals surface area contributed by atoms with Gasteiger partial charge in [0.05, 0.1) is 0 Å². The number of pyridine rings is 1. The van der Waals surface area contributed by atoms with Crippen molar-refractivity contribution in [3.05, 3.63) is 23.4 Å². The topological polar surface area (TPSA) is 42.1 Å². The number of aromatic nitrogens is 1. The van der Waals surface area contributed by atoms with Crippen LogP contribution < -0.4 is 10.6 Å². The van der Waals surface area contributed by atoms with Crippen LogP contribution in [0.3, 0.4) is 0 Å². The average Bonchev–Trinajstić information content (AvgIpc) is 2.38. The number of hydrogen-bond donors (Lipinski definition) is 1. The van der Waals surface area contributed by atoms with Gasteiger partial charge in [-0.2, -0.15) is 0 Å². The Bertz CT molecular complexity index is 401. The molecule has 0 aliphatic carbocycles. The molecule has 0 radical (unpaired) electrons. The van der Waals surface area contributed by atoms with Gasteiger partial charge in [0.2, 0.25) is 0 Å². The summed E-state index contributed by atoms with van der Waals surface area (Å²) in [5.41, 5.74) is 8.23. The Morgan fingerprint density at radius 2 is 1.83 bits per heavy atom. The Kier molecular flexibility index (Phi) is 3.91. The van der Waals surface area contributed by atoms with Gasteiger partial charge in [-0.1, -0.05) is 20.8 Å². The highest BCUT2D eigenvalue weighted by atomic mass is 15.2. The maximum atomic E-state index is 5.81. The molecule has 2 heterocycles. The van der Waals surface area contributed by atoms with E-state index in [0.717, 1.165) is 24.6 Å². The maximum absolute atomic E-state index is 5.81. The van der Waals surface area contributed by atoms with Crippen LogP contribution in [0.1, 0.15) is 51.3 Å². The normalized spacial score (nSPS) is 17.0. The summed E-state index contributed by atoms with van der Waals surface area (Å²) < 4.78 is 0. The summed E-state index contributed by atoms with van der Waals surface area (Å²) in [6.45, 7) is 9.46. The van der Waals surface area contributed by atoms with Crippen molar-refractivity contribution in [2.45, 2.75) is 52.0 Å². The predicted octanol–water partition coefficient (Wildman–Crippen LogP) is 2.83. The molecule has 1 aromatic heterocycles. The summed E-state index contributed by atoms with van der Waals surface area (Å²) in [5, 5.41) is 0. The molecule has 1 aromatic rings. The molecule has 3 heteroatoms. The second kappa shape index (κ2) is 5.27. The number of nitrogens with zero attached hydrogens (tertiary/aromatic N) is 2. The molecule has 3 nitrogen and oxygen atoms in total. The fraction of sp³-hybridized carbons (Fsp3) is 0.667. The molecule has 1 fully saturated rings. The largest absolute Gasteiger partial charge is 0.357 e. The third kappa shape index (κ3) is 3.02. The van der Waals surface area contributed by atoms with Crippen LogP contribution in [0.4, 0.5) is 5.82 Å². The van der Waals surface area contributed by atoms with Gasteiger partial charge in [-0.15, -0.1) is 0 Å². The van der Waals surface area contributed by atoms with Gasteiger partial charge in [-0.05, 0) is 37.0 Å². The second-order valence-corrected chi connectivity index (χ2v) is 6.22. The van der Waals surface area contributed by atoms with Gasteiger partial charge in [-0.3, -0.25) is 0 Å². The second-order valence-electron chi connectivity index (χ2n) is 6.22. The van der Waals surface area contributed by atoms with Crippen LogP contribution in [0, 0.1) is 0 Å². The zero-order valence-corrected chi connectivity index (χ0v) is 11.9. The SMILES string of the molecule is CC(C)(C)c1cc(CN)cc(N2CCCCC2)n1. The molecule has 1 saturated heterocycles. The van der Waals surface area contributed by atoms with E-state index in [1.54, 1.807) is 0 Å². The van der Waals surface area contributed by atoms with Crippen LogP contribution in [-0.2, 0) is 12.0 Å². The zero-order chi connectivity index (χ0) is 13.2. The first-order valence-electron chi connectivity index (χ1n) is 6.97. The molecule has 100 valence electrons. The minimum atomic E-state index is 0.0791. The van der Waals surface area contributed by atoms with Gasteiger partial charge >= 0.3 is 0 Å². The van der Waals surface area contributed by atoms with Crippen molar-refractivity contribution in [3.8, 4) is 0 Å². The monoisotopic (exact) mass is 247 g/mol. The van der Waals surface area contributed by atoms with Gasteiger partial charge in [0.15, 0.2) is 0 Å². The molecule has 2 N–H and O–H groups in total. The number of rotatable bonds is 2. The van der Waals surface area contributed by atoms with Crippen LogP contribution >= 0.6 is 0 Å². The van der Waals surface area contributed by atoms with E-state index in [-0.39, 0.29) is 5.41 Å². The van der Waals surface area contributed by atoms with E-state index in [9.17, 15) is 0 Å². The standard InChI is InChI=1S/C15H25N3/c1-15(2,3)13-9-12(11-16)10-14(17-13)18-7-5-4-6-8-18/h9-10H,4-8,11,16H2,1-3H3. The predicted molar refractivity (Wildman–Crippen MR) is 76.9 cm³/mol. The number of piperidine rings is 1. The Morgan fingerprint density at radius 3 is 2.39 bits per heavy atom. The smallest absolute Gasteiger partial charge is 0.129 e. The van der Waals surface area contributed by atoms with Gasteiger partial charge in [0.25, 0.3) is 0 Å². The van der Waals surface area contributed by atoms with E-state index < -0.39 is 0 Å². The molecule has 2 rings (SSSR count). The van der Waals surface area contributed by atoms with E-state index in [0.29, 0.717) is 6.54 Å². The van der Waals surface area contributed by atoms with Crippen molar-refractivity contribution in [3.63, 3.8) is 0 Å². The van der Waals surface area contributed by atoms with Crippen LogP contribution in [0.5, 0.6) is 0 Å². The Balaban J connectivity index is 2.34. The van der Waals surface area contributed by atoms with Crippen molar-refractivity contribution < 1.29 is 0 Å². The highest BCUT2D eigenvalue weighted by Gasteiger charge is 2.19. The van der Waals surface area contributed by atoms with Crippen molar-refractivity contribution in [1.82, 2.24) is 4.98 Å². The Labute approximate surface area is 110 Å². The van der Waals surface area contributed by atoms with Crippen molar-refractivity contribution >= 4 is 5.82 Å². The molecular formula is C15H25N3. The highest BCUT2D eigenvalue weighted by Crippen LogP contribution is 2.26. The van der Waals surface area contributed by atoms with Crippen LogP contribution in [0.15, 0.2) is 12.1 Å². The van der Waals surface area contributed by atoms with Crippen LogP contribution in [0.25, 0.3) is 0 Å². The summed E-state index contributed by atoms with van der Waals surface area (Å²) >= 11 is 0. The molecule has 0 amide bonds. The minimum absolute atomic E-state index is 0.0791. The fourth-order valence-corrected chi connectivity index (χ4v) is 2.36. The van der Waals surface area contributed by atoms with E-state index in [4.69, 9.17) is 10.7 Å². The van der Waals surface area contributed by atoms with E-state index in [2.05, 4.69) is 37.8 Å². The zero-order valence-electron chi connectivity index (χ0n) is 11.9. The lowest BCUT2D eigenvalue weighted by Gasteiger charge is -2.30. The lowest BCUT2D eigenvalue weighted by Crippen LogP contribution is -2.31. The lowest BCUT2D eigenvalue weighted by molar-refractivity contribution is 0.552. The first kappa shape index (κ1) is 13.3. The molecule has 0 spiro atoms. The molecule has 0 saturated carbocycles. The molecule has 0 unspecified atom stereocenters. The van der Waals surface area contributed by atoms with Crippen LogP contribution in [0.2, 0.25) is 0 Å². The van der Waals surface area contributed by atoms with Crippen molar-refractivity contribution in [1.29, 1.82) is 0 Å². The van der Waals surface area contributed by atoms with Gasteiger partial charge in [0.1, 0.15) is 5.82 Å². The highest BCUT2D eigenvalue weighted by molar-refractivity contribution is 5.44. The maximum Gasteiger partial charge on any atom is 0.129 e. The quantitative estimate of drug-likeness (QED) is 0.874.